The third-order valence-corrected chi connectivity index (χ3v) is 7.92. The molecule has 0 bridgehead atoms. The van der Waals surface area contributed by atoms with Crippen LogP contribution in [0, 0.1) is 0 Å². The summed E-state index contributed by atoms with van der Waals surface area (Å²) >= 11 is 0. The SMILES string of the molecule is c1ccc(-c2nc(-c3ccccc3)nc(-c3ccc(-c4ccc5ccc6ccccc6c5c4)c4ccccc34)n2)cc1. The van der Waals surface area contributed by atoms with Crippen molar-refractivity contribution in [3.8, 4) is 45.3 Å². The van der Waals surface area contributed by atoms with Crippen LogP contribution in [0.4, 0.5) is 0 Å². The minimum atomic E-state index is 0.661. The molecule has 3 nitrogen and oxygen atoms in total. The van der Waals surface area contributed by atoms with E-state index in [9.17, 15) is 0 Å². The molecule has 0 fully saturated rings. The Kier molecular flexibility index (Phi) is 5.79. The molecule has 0 radical (unpaired) electrons. The van der Waals surface area contributed by atoms with Crippen LogP contribution >= 0.6 is 0 Å². The molecule has 7 aromatic carbocycles. The predicted molar refractivity (Wildman–Crippen MR) is 174 cm³/mol. The number of aromatic nitrogens is 3. The summed E-state index contributed by atoms with van der Waals surface area (Å²) in [6.07, 6.45) is 0. The maximum atomic E-state index is 5.00. The zero-order valence-corrected chi connectivity index (χ0v) is 22.8. The minimum absolute atomic E-state index is 0.661. The Morgan fingerprint density at radius 3 is 1.43 bits per heavy atom. The number of rotatable bonds is 4. The normalized spacial score (nSPS) is 11.3. The van der Waals surface area contributed by atoms with Crippen LogP contribution in [0.5, 0.6) is 0 Å². The molecular weight excluding hydrogens is 510 g/mol. The maximum Gasteiger partial charge on any atom is 0.164 e. The van der Waals surface area contributed by atoms with Crippen molar-refractivity contribution in [2.75, 3.05) is 0 Å². The van der Waals surface area contributed by atoms with Crippen LogP contribution in [-0.2, 0) is 0 Å². The number of fused-ring (bicyclic) bond motifs is 4. The Bertz CT molecular complexity index is 2180. The van der Waals surface area contributed by atoms with Gasteiger partial charge in [-0.05, 0) is 55.6 Å². The zero-order valence-electron chi connectivity index (χ0n) is 22.8. The van der Waals surface area contributed by atoms with Gasteiger partial charge in [-0.25, -0.2) is 15.0 Å². The van der Waals surface area contributed by atoms with Gasteiger partial charge in [-0.15, -0.1) is 0 Å². The van der Waals surface area contributed by atoms with Crippen LogP contribution < -0.4 is 0 Å². The van der Waals surface area contributed by atoms with Crippen molar-refractivity contribution >= 4 is 32.3 Å². The second kappa shape index (κ2) is 10.1. The molecule has 8 aromatic rings. The highest BCUT2D eigenvalue weighted by atomic mass is 15.0. The lowest BCUT2D eigenvalue weighted by Crippen LogP contribution is -2.00. The lowest BCUT2D eigenvalue weighted by atomic mass is 9.92. The van der Waals surface area contributed by atoms with E-state index in [1.54, 1.807) is 0 Å². The smallest absolute Gasteiger partial charge is 0.164 e. The molecule has 8 rings (SSSR count). The topological polar surface area (TPSA) is 38.7 Å². The highest BCUT2D eigenvalue weighted by Gasteiger charge is 2.16. The standard InChI is InChI=1S/C39H25N3/c1-3-12-28(13-4-1)37-40-38(29-14-5-2-6-15-29)42-39(41-37)35-24-23-32(33-17-9-10-18-34(33)35)30-22-21-27-20-19-26-11-7-8-16-31(26)36(27)25-30/h1-25H. The van der Waals surface area contributed by atoms with Crippen molar-refractivity contribution in [3.05, 3.63) is 152 Å². The van der Waals surface area contributed by atoms with Crippen LogP contribution in [0.25, 0.3) is 77.6 Å². The number of hydrogen-bond acceptors (Lipinski definition) is 3. The first kappa shape index (κ1) is 24.2. The average molecular weight is 536 g/mol. The average Bonchev–Trinajstić information content (AvgIpc) is 3.08. The van der Waals surface area contributed by atoms with Crippen molar-refractivity contribution in [2.45, 2.75) is 0 Å². The van der Waals surface area contributed by atoms with Gasteiger partial charge in [0.1, 0.15) is 0 Å². The second-order valence-corrected chi connectivity index (χ2v) is 10.5. The molecule has 0 saturated carbocycles. The van der Waals surface area contributed by atoms with Crippen LogP contribution in [0.1, 0.15) is 0 Å². The Morgan fingerprint density at radius 2 is 0.762 bits per heavy atom. The molecule has 42 heavy (non-hydrogen) atoms. The van der Waals surface area contributed by atoms with Crippen molar-refractivity contribution in [2.24, 2.45) is 0 Å². The summed E-state index contributed by atoms with van der Waals surface area (Å²) in [5.41, 5.74) is 5.28. The molecule has 0 amide bonds. The van der Waals surface area contributed by atoms with Crippen LogP contribution in [0.2, 0.25) is 0 Å². The lowest BCUT2D eigenvalue weighted by Gasteiger charge is -2.14. The van der Waals surface area contributed by atoms with Gasteiger partial charge in [0.05, 0.1) is 0 Å². The number of nitrogens with zero attached hydrogens (tertiary/aromatic N) is 3. The second-order valence-electron chi connectivity index (χ2n) is 10.5. The summed E-state index contributed by atoms with van der Waals surface area (Å²) in [7, 11) is 0. The molecule has 3 heteroatoms. The van der Waals surface area contributed by atoms with Gasteiger partial charge in [-0.3, -0.25) is 0 Å². The number of benzene rings is 7. The third-order valence-electron chi connectivity index (χ3n) is 7.92. The van der Waals surface area contributed by atoms with E-state index in [1.807, 2.05) is 60.7 Å². The summed E-state index contributed by atoms with van der Waals surface area (Å²) in [5.74, 6) is 1.98. The summed E-state index contributed by atoms with van der Waals surface area (Å²) in [6, 6.07) is 52.9. The summed E-state index contributed by atoms with van der Waals surface area (Å²) in [4.78, 5) is 14.9. The van der Waals surface area contributed by atoms with Gasteiger partial charge in [0, 0.05) is 16.7 Å². The molecule has 0 saturated heterocycles. The Balaban J connectivity index is 1.33. The zero-order chi connectivity index (χ0) is 27.9. The van der Waals surface area contributed by atoms with Crippen molar-refractivity contribution in [1.82, 2.24) is 15.0 Å². The first-order valence-corrected chi connectivity index (χ1v) is 14.1. The molecule has 0 aliphatic heterocycles. The molecule has 0 spiro atoms. The molecule has 1 heterocycles. The lowest BCUT2D eigenvalue weighted by molar-refractivity contribution is 1.08. The molecule has 196 valence electrons. The highest BCUT2D eigenvalue weighted by molar-refractivity contribution is 6.10. The first-order valence-electron chi connectivity index (χ1n) is 14.1. The van der Waals surface area contributed by atoms with Gasteiger partial charge in [0.15, 0.2) is 17.5 Å². The maximum absolute atomic E-state index is 5.00. The highest BCUT2D eigenvalue weighted by Crippen LogP contribution is 2.37. The van der Waals surface area contributed by atoms with Crippen molar-refractivity contribution in [1.29, 1.82) is 0 Å². The van der Waals surface area contributed by atoms with E-state index in [-0.39, 0.29) is 0 Å². The van der Waals surface area contributed by atoms with E-state index in [1.165, 1.54) is 32.7 Å². The van der Waals surface area contributed by atoms with E-state index in [2.05, 4.69) is 91.0 Å². The molecular formula is C39H25N3. The van der Waals surface area contributed by atoms with Gasteiger partial charge < -0.3 is 0 Å². The largest absolute Gasteiger partial charge is 0.208 e. The number of hydrogen-bond donors (Lipinski definition) is 0. The van der Waals surface area contributed by atoms with Crippen LogP contribution in [0.15, 0.2) is 152 Å². The van der Waals surface area contributed by atoms with Crippen LogP contribution in [-0.4, -0.2) is 15.0 Å². The van der Waals surface area contributed by atoms with Gasteiger partial charge in [0.25, 0.3) is 0 Å². The Morgan fingerprint density at radius 1 is 0.286 bits per heavy atom. The fraction of sp³-hybridized carbons (Fsp3) is 0. The molecule has 0 N–H and O–H groups in total. The van der Waals surface area contributed by atoms with Gasteiger partial charge in [-0.1, -0.05) is 140 Å². The van der Waals surface area contributed by atoms with Crippen molar-refractivity contribution < 1.29 is 0 Å². The Labute approximate surface area is 243 Å². The first-order chi connectivity index (χ1) is 20.8. The van der Waals surface area contributed by atoms with E-state index in [4.69, 9.17) is 15.0 Å². The molecule has 0 aliphatic carbocycles. The molecule has 0 atom stereocenters. The molecule has 1 aromatic heterocycles. The van der Waals surface area contributed by atoms with Crippen molar-refractivity contribution in [3.63, 3.8) is 0 Å². The van der Waals surface area contributed by atoms with Gasteiger partial charge in [-0.2, -0.15) is 0 Å². The molecule has 0 unspecified atom stereocenters. The summed E-state index contributed by atoms with van der Waals surface area (Å²) < 4.78 is 0. The predicted octanol–water partition coefficient (Wildman–Crippen LogP) is 10.00. The Hall–Kier alpha value is -5.67. The van der Waals surface area contributed by atoms with E-state index in [0.717, 1.165) is 27.5 Å². The summed E-state index contributed by atoms with van der Waals surface area (Å²) in [5, 5.41) is 7.29. The van der Waals surface area contributed by atoms with Crippen LogP contribution in [0.3, 0.4) is 0 Å². The van der Waals surface area contributed by atoms with Gasteiger partial charge in [0.2, 0.25) is 0 Å². The molecule has 0 aliphatic rings. The minimum Gasteiger partial charge on any atom is -0.208 e. The summed E-state index contributed by atoms with van der Waals surface area (Å²) in [6.45, 7) is 0. The quantitative estimate of drug-likeness (QED) is 0.211. The fourth-order valence-electron chi connectivity index (χ4n) is 5.84. The monoisotopic (exact) mass is 535 g/mol. The van der Waals surface area contributed by atoms with E-state index >= 15 is 0 Å². The van der Waals surface area contributed by atoms with E-state index in [0.29, 0.717) is 17.5 Å². The van der Waals surface area contributed by atoms with Gasteiger partial charge >= 0.3 is 0 Å². The van der Waals surface area contributed by atoms with E-state index < -0.39 is 0 Å². The third kappa shape index (κ3) is 4.20. The fourth-order valence-corrected chi connectivity index (χ4v) is 5.84.